The van der Waals surface area contributed by atoms with Gasteiger partial charge in [-0.1, -0.05) is 47.5 Å². The highest BCUT2D eigenvalue weighted by atomic mass is 35.5. The second-order valence-electron chi connectivity index (χ2n) is 8.60. The van der Waals surface area contributed by atoms with E-state index in [1.54, 1.807) is 19.1 Å². The number of imide groups is 1. The molecule has 2 aliphatic rings. The van der Waals surface area contributed by atoms with Crippen LogP contribution >= 0.6 is 23.2 Å². The van der Waals surface area contributed by atoms with Crippen molar-refractivity contribution >= 4 is 41.0 Å². The van der Waals surface area contributed by atoms with Crippen LogP contribution in [0.5, 0.6) is 0 Å². The van der Waals surface area contributed by atoms with E-state index in [1.165, 1.54) is 30.0 Å². The van der Waals surface area contributed by atoms with E-state index in [0.29, 0.717) is 10.6 Å². The maximum Gasteiger partial charge on any atom is 0.325 e. The SMILES string of the molecule is C[C@@H](NC(=O)CN1C(=O)N[C@](C)(c2ccc(Cl)cc2Cl)C1=O)c1ccc2c(c1)CCCC2. The fourth-order valence-electron chi connectivity index (χ4n) is 4.45. The molecule has 1 saturated heterocycles. The number of nitrogens with one attached hydrogen (secondary N) is 2. The largest absolute Gasteiger partial charge is 0.348 e. The highest BCUT2D eigenvalue weighted by Crippen LogP contribution is 2.35. The van der Waals surface area contributed by atoms with Gasteiger partial charge in [-0.05, 0) is 68.4 Å². The molecule has 1 aliphatic carbocycles. The molecule has 2 atom stereocenters. The molecule has 8 heteroatoms. The quantitative estimate of drug-likeness (QED) is 0.626. The molecule has 1 fully saturated rings. The van der Waals surface area contributed by atoms with Gasteiger partial charge in [0.2, 0.25) is 5.91 Å². The van der Waals surface area contributed by atoms with Gasteiger partial charge in [0.25, 0.3) is 5.91 Å². The molecule has 0 unspecified atom stereocenters. The van der Waals surface area contributed by atoms with Crippen LogP contribution in [0, 0.1) is 0 Å². The van der Waals surface area contributed by atoms with E-state index < -0.39 is 23.4 Å². The molecule has 4 amide bonds. The van der Waals surface area contributed by atoms with E-state index in [1.807, 2.05) is 13.0 Å². The van der Waals surface area contributed by atoms with Crippen LogP contribution in [0.3, 0.4) is 0 Å². The average Bonchev–Trinajstić information content (AvgIpc) is 2.96. The van der Waals surface area contributed by atoms with Crippen molar-refractivity contribution in [3.8, 4) is 0 Å². The smallest absolute Gasteiger partial charge is 0.325 e. The van der Waals surface area contributed by atoms with Gasteiger partial charge in [-0.25, -0.2) is 4.79 Å². The van der Waals surface area contributed by atoms with Crippen LogP contribution in [0.2, 0.25) is 10.0 Å². The zero-order valence-electron chi connectivity index (χ0n) is 18.0. The molecule has 2 N–H and O–H groups in total. The van der Waals surface area contributed by atoms with Crippen molar-refractivity contribution < 1.29 is 14.4 Å². The highest BCUT2D eigenvalue weighted by Gasteiger charge is 2.50. The molecule has 6 nitrogen and oxygen atoms in total. The zero-order valence-corrected chi connectivity index (χ0v) is 19.5. The first-order chi connectivity index (χ1) is 15.2. The van der Waals surface area contributed by atoms with Crippen molar-refractivity contribution in [1.82, 2.24) is 15.5 Å². The normalized spacial score (nSPS) is 21.2. The van der Waals surface area contributed by atoms with Crippen LogP contribution in [0.4, 0.5) is 4.79 Å². The number of amides is 4. The molecule has 1 aliphatic heterocycles. The first-order valence-electron chi connectivity index (χ1n) is 10.7. The van der Waals surface area contributed by atoms with E-state index in [-0.39, 0.29) is 17.6 Å². The zero-order chi connectivity index (χ0) is 23.0. The minimum absolute atomic E-state index is 0.243. The maximum absolute atomic E-state index is 13.1. The third kappa shape index (κ3) is 4.21. The highest BCUT2D eigenvalue weighted by molar-refractivity contribution is 6.35. The summed E-state index contributed by atoms with van der Waals surface area (Å²) in [6.07, 6.45) is 4.54. The van der Waals surface area contributed by atoms with Crippen LogP contribution in [0.15, 0.2) is 36.4 Å². The third-order valence-electron chi connectivity index (χ3n) is 6.30. The molecule has 0 spiro atoms. The molecule has 0 saturated carbocycles. The second kappa shape index (κ2) is 8.75. The maximum atomic E-state index is 13.1. The van der Waals surface area contributed by atoms with Crippen molar-refractivity contribution in [2.75, 3.05) is 6.54 Å². The molecular weight excluding hydrogens is 449 g/mol. The van der Waals surface area contributed by atoms with Crippen molar-refractivity contribution in [1.29, 1.82) is 0 Å². The van der Waals surface area contributed by atoms with Crippen LogP contribution < -0.4 is 10.6 Å². The predicted molar refractivity (Wildman–Crippen MR) is 124 cm³/mol. The molecule has 1 heterocycles. The molecule has 4 rings (SSSR count). The second-order valence-corrected chi connectivity index (χ2v) is 9.44. The number of carbonyl (C=O) groups excluding carboxylic acids is 3. The average molecular weight is 474 g/mol. The number of nitrogens with zero attached hydrogens (tertiary/aromatic N) is 1. The number of halogens is 2. The summed E-state index contributed by atoms with van der Waals surface area (Å²) in [6.45, 7) is 3.09. The van der Waals surface area contributed by atoms with E-state index in [2.05, 4.69) is 22.8 Å². The van der Waals surface area contributed by atoms with Gasteiger partial charge in [-0.3, -0.25) is 14.5 Å². The molecule has 2 aromatic carbocycles. The molecule has 0 aromatic heterocycles. The monoisotopic (exact) mass is 473 g/mol. The van der Waals surface area contributed by atoms with Crippen LogP contribution in [0.1, 0.15) is 55.0 Å². The lowest BCUT2D eigenvalue weighted by atomic mass is 9.89. The number of hydrogen-bond acceptors (Lipinski definition) is 3. The van der Waals surface area contributed by atoms with E-state index >= 15 is 0 Å². The van der Waals surface area contributed by atoms with Gasteiger partial charge in [-0.15, -0.1) is 0 Å². The molecule has 168 valence electrons. The Balaban J connectivity index is 1.45. The minimum Gasteiger partial charge on any atom is -0.348 e. The van der Waals surface area contributed by atoms with E-state index in [0.717, 1.165) is 23.3 Å². The number of aryl methyl sites for hydroxylation is 2. The van der Waals surface area contributed by atoms with Crippen molar-refractivity contribution in [2.24, 2.45) is 0 Å². The first kappa shape index (κ1) is 22.6. The summed E-state index contributed by atoms with van der Waals surface area (Å²) >= 11 is 12.2. The summed E-state index contributed by atoms with van der Waals surface area (Å²) in [5.74, 6) is -0.950. The predicted octanol–water partition coefficient (Wildman–Crippen LogP) is 4.52. The Labute approximate surface area is 197 Å². The first-order valence-corrected chi connectivity index (χ1v) is 11.5. The third-order valence-corrected chi connectivity index (χ3v) is 6.84. The summed E-state index contributed by atoms with van der Waals surface area (Å²) < 4.78 is 0. The lowest BCUT2D eigenvalue weighted by molar-refractivity contribution is -0.135. The number of urea groups is 1. The number of carbonyl (C=O) groups is 3. The van der Waals surface area contributed by atoms with Crippen LogP contribution in [-0.4, -0.2) is 29.3 Å². The number of fused-ring (bicyclic) bond motifs is 1. The Morgan fingerprint density at radius 1 is 1.12 bits per heavy atom. The van der Waals surface area contributed by atoms with Gasteiger partial charge in [0, 0.05) is 15.6 Å². The lowest BCUT2D eigenvalue weighted by Gasteiger charge is -2.24. The molecular formula is C24H25Cl2N3O3. The van der Waals surface area contributed by atoms with Gasteiger partial charge >= 0.3 is 6.03 Å². The lowest BCUT2D eigenvalue weighted by Crippen LogP contribution is -2.43. The number of benzene rings is 2. The summed E-state index contributed by atoms with van der Waals surface area (Å²) in [5, 5.41) is 6.25. The standard InChI is InChI=1S/C24H25Cl2N3O3/c1-14(16-8-7-15-5-3-4-6-17(15)11-16)27-21(30)13-29-22(31)24(2,28-23(29)32)19-10-9-18(25)12-20(19)26/h7-12,14H,3-6,13H2,1-2H3,(H,27,30)(H,28,32)/t14-,24-/m1/s1. The molecule has 2 aromatic rings. The number of hydrogen-bond donors (Lipinski definition) is 2. The topological polar surface area (TPSA) is 78.5 Å². The minimum atomic E-state index is -1.37. The summed E-state index contributed by atoms with van der Waals surface area (Å²) in [5.41, 5.74) is 2.77. The van der Waals surface area contributed by atoms with E-state index in [9.17, 15) is 14.4 Å². The molecule has 32 heavy (non-hydrogen) atoms. The van der Waals surface area contributed by atoms with E-state index in [4.69, 9.17) is 23.2 Å². The molecule has 0 radical (unpaired) electrons. The van der Waals surface area contributed by atoms with Crippen molar-refractivity contribution in [3.05, 3.63) is 68.7 Å². The van der Waals surface area contributed by atoms with Gasteiger partial charge in [-0.2, -0.15) is 0 Å². The van der Waals surface area contributed by atoms with Crippen LogP contribution in [-0.2, 0) is 28.0 Å². The summed E-state index contributed by atoms with van der Waals surface area (Å²) in [7, 11) is 0. The summed E-state index contributed by atoms with van der Waals surface area (Å²) in [6, 6.07) is 10.1. The Morgan fingerprint density at radius 3 is 2.56 bits per heavy atom. The van der Waals surface area contributed by atoms with Crippen LogP contribution in [0.25, 0.3) is 0 Å². The van der Waals surface area contributed by atoms with Gasteiger partial charge < -0.3 is 10.6 Å². The van der Waals surface area contributed by atoms with Gasteiger partial charge in [0.05, 0.1) is 6.04 Å². The van der Waals surface area contributed by atoms with Crippen molar-refractivity contribution in [2.45, 2.75) is 51.1 Å². The Morgan fingerprint density at radius 2 is 1.84 bits per heavy atom. The van der Waals surface area contributed by atoms with Gasteiger partial charge in [0.1, 0.15) is 12.1 Å². The van der Waals surface area contributed by atoms with Gasteiger partial charge in [0.15, 0.2) is 0 Å². The number of rotatable bonds is 5. The fourth-order valence-corrected chi connectivity index (χ4v) is 5.05. The Kier molecular flexibility index (Phi) is 6.19. The molecule has 0 bridgehead atoms. The Hall–Kier alpha value is -2.57. The van der Waals surface area contributed by atoms with Crippen molar-refractivity contribution in [3.63, 3.8) is 0 Å². The Bertz CT molecular complexity index is 1100. The summed E-state index contributed by atoms with van der Waals surface area (Å²) in [4.78, 5) is 39.3. The fraction of sp³-hybridized carbons (Fsp3) is 0.375.